The number of nitrogens with one attached hydrogen (secondary N) is 1. The van der Waals surface area contributed by atoms with E-state index in [1.807, 2.05) is 13.0 Å². The first-order valence-electron chi connectivity index (χ1n) is 7.22. The smallest absolute Gasteiger partial charge is 0.315 e. The van der Waals surface area contributed by atoms with Gasteiger partial charge in [-0.25, -0.2) is 0 Å². The van der Waals surface area contributed by atoms with E-state index < -0.39 is 11.4 Å². The Bertz CT molecular complexity index is 477. The minimum absolute atomic E-state index is 0. The number of rotatable bonds is 10. The lowest BCUT2D eigenvalue weighted by Gasteiger charge is -2.25. The molecule has 1 atom stereocenters. The van der Waals surface area contributed by atoms with Gasteiger partial charge in [0, 0.05) is 13.2 Å². The van der Waals surface area contributed by atoms with Gasteiger partial charge in [0.15, 0.2) is 0 Å². The molecule has 0 saturated carbocycles. The monoisotopic (exact) mass is 309 g/mol. The fraction of sp³-hybridized carbons (Fsp3) is 0.500. The SMILES string of the molecule is CCOCCOCC(=O)NCC(C)(C(=O)O)c1ccccc1. The van der Waals surface area contributed by atoms with Crippen LogP contribution < -0.4 is 5.32 Å². The van der Waals surface area contributed by atoms with Crippen molar-refractivity contribution in [3.8, 4) is 0 Å². The molecule has 1 aromatic carbocycles. The summed E-state index contributed by atoms with van der Waals surface area (Å²) in [4.78, 5) is 23.3. The Balaban J connectivity index is 2.48. The summed E-state index contributed by atoms with van der Waals surface area (Å²) in [7, 11) is 0. The molecule has 0 spiro atoms. The molecule has 0 aliphatic rings. The molecular weight excluding hydrogens is 286 g/mol. The third kappa shape index (κ3) is 5.46. The number of amides is 1. The van der Waals surface area contributed by atoms with Crippen LogP contribution >= 0.6 is 0 Å². The van der Waals surface area contributed by atoms with E-state index in [0.717, 1.165) is 0 Å². The molecule has 6 nitrogen and oxygen atoms in total. The molecule has 0 saturated heterocycles. The lowest BCUT2D eigenvalue weighted by atomic mass is 9.82. The van der Waals surface area contributed by atoms with Crippen LogP contribution in [0.5, 0.6) is 0 Å². The van der Waals surface area contributed by atoms with Crippen LogP contribution in [-0.2, 0) is 24.5 Å². The number of aliphatic carboxylic acids is 1. The molecule has 1 unspecified atom stereocenters. The van der Waals surface area contributed by atoms with Gasteiger partial charge in [0.25, 0.3) is 0 Å². The highest BCUT2D eigenvalue weighted by atomic mass is 16.5. The van der Waals surface area contributed by atoms with Gasteiger partial charge in [0.2, 0.25) is 5.91 Å². The van der Waals surface area contributed by atoms with E-state index in [9.17, 15) is 14.7 Å². The van der Waals surface area contributed by atoms with E-state index >= 15 is 0 Å². The van der Waals surface area contributed by atoms with E-state index in [1.54, 1.807) is 31.2 Å². The highest BCUT2D eigenvalue weighted by molar-refractivity contribution is 5.83. The summed E-state index contributed by atoms with van der Waals surface area (Å²) in [5.41, 5.74) is -0.539. The second-order valence-corrected chi connectivity index (χ2v) is 5.03. The van der Waals surface area contributed by atoms with Crippen LogP contribution in [0.1, 0.15) is 19.4 Å². The van der Waals surface area contributed by atoms with Crippen molar-refractivity contribution >= 4 is 11.9 Å². The van der Waals surface area contributed by atoms with Gasteiger partial charge in [-0.3, -0.25) is 9.59 Å². The second-order valence-electron chi connectivity index (χ2n) is 5.03. The Morgan fingerprint density at radius 1 is 1.18 bits per heavy atom. The third-order valence-corrected chi connectivity index (χ3v) is 3.33. The molecule has 0 bridgehead atoms. The molecule has 1 amide bonds. The Kier molecular flexibility index (Phi) is 7.56. The summed E-state index contributed by atoms with van der Waals surface area (Å²) in [5, 5.41) is 12.1. The lowest BCUT2D eigenvalue weighted by Crippen LogP contribution is -2.45. The molecule has 122 valence electrons. The minimum Gasteiger partial charge on any atom is -0.481 e. The largest absolute Gasteiger partial charge is 0.481 e. The van der Waals surface area contributed by atoms with E-state index in [-0.39, 0.29) is 19.1 Å². The molecule has 0 radical (unpaired) electrons. The maximum atomic E-state index is 11.7. The summed E-state index contributed by atoms with van der Waals surface area (Å²) in [6.45, 7) is 4.71. The van der Waals surface area contributed by atoms with Crippen molar-refractivity contribution in [2.45, 2.75) is 19.3 Å². The van der Waals surface area contributed by atoms with Crippen LogP contribution in [0.2, 0.25) is 0 Å². The first-order valence-corrected chi connectivity index (χ1v) is 7.22. The van der Waals surface area contributed by atoms with Gasteiger partial charge < -0.3 is 19.9 Å². The Hall–Kier alpha value is -1.92. The minimum atomic E-state index is -1.18. The number of ether oxygens (including phenoxy) is 2. The van der Waals surface area contributed by atoms with Gasteiger partial charge in [-0.05, 0) is 19.4 Å². The first kappa shape index (κ1) is 18.1. The molecule has 6 heteroatoms. The average Bonchev–Trinajstić information content (AvgIpc) is 2.53. The number of carbonyl (C=O) groups is 2. The normalized spacial score (nSPS) is 13.4. The third-order valence-electron chi connectivity index (χ3n) is 3.33. The highest BCUT2D eigenvalue weighted by Crippen LogP contribution is 2.23. The Morgan fingerprint density at radius 3 is 2.41 bits per heavy atom. The zero-order valence-corrected chi connectivity index (χ0v) is 13.0. The molecule has 0 fully saturated rings. The number of carbonyl (C=O) groups excluding carboxylic acids is 1. The zero-order valence-electron chi connectivity index (χ0n) is 13.0. The molecular formula is C16H23NO5. The number of benzene rings is 1. The topological polar surface area (TPSA) is 84.9 Å². The molecule has 2 N–H and O–H groups in total. The highest BCUT2D eigenvalue weighted by Gasteiger charge is 2.35. The maximum Gasteiger partial charge on any atom is 0.315 e. The van der Waals surface area contributed by atoms with Crippen molar-refractivity contribution in [1.29, 1.82) is 0 Å². The fourth-order valence-electron chi connectivity index (χ4n) is 1.86. The summed E-state index contributed by atoms with van der Waals surface area (Å²) >= 11 is 0. The van der Waals surface area contributed by atoms with Gasteiger partial charge in [-0.1, -0.05) is 30.3 Å². The van der Waals surface area contributed by atoms with Crippen LogP contribution in [0.25, 0.3) is 0 Å². The van der Waals surface area contributed by atoms with E-state index in [1.165, 1.54) is 0 Å². The van der Waals surface area contributed by atoms with E-state index in [4.69, 9.17) is 9.47 Å². The van der Waals surface area contributed by atoms with Gasteiger partial charge in [0.05, 0.1) is 13.2 Å². The predicted molar refractivity (Wildman–Crippen MR) is 81.8 cm³/mol. The van der Waals surface area contributed by atoms with Crippen LogP contribution in [0.4, 0.5) is 0 Å². The van der Waals surface area contributed by atoms with Crippen LogP contribution in [0.3, 0.4) is 0 Å². The van der Waals surface area contributed by atoms with Crippen molar-refractivity contribution in [3.63, 3.8) is 0 Å². The number of carboxylic acid groups (broad SMARTS) is 1. The van der Waals surface area contributed by atoms with Gasteiger partial charge in [0.1, 0.15) is 12.0 Å². The molecule has 22 heavy (non-hydrogen) atoms. The summed E-state index contributed by atoms with van der Waals surface area (Å²) < 4.78 is 10.2. The molecule has 0 aliphatic carbocycles. The summed E-state index contributed by atoms with van der Waals surface area (Å²) in [6, 6.07) is 8.83. The van der Waals surface area contributed by atoms with E-state index in [2.05, 4.69) is 5.32 Å². The standard InChI is InChI=1S/C16H23NO5/c1-3-21-9-10-22-11-14(18)17-12-16(2,15(19)20)13-7-5-4-6-8-13/h4-8H,3,9-12H2,1-2H3,(H,17,18)(H,19,20). The van der Waals surface area contributed by atoms with Gasteiger partial charge >= 0.3 is 5.97 Å². The van der Waals surface area contributed by atoms with Gasteiger partial charge in [-0.15, -0.1) is 0 Å². The quantitative estimate of drug-likeness (QED) is 0.634. The Labute approximate surface area is 130 Å². The summed E-state index contributed by atoms with van der Waals surface area (Å²) in [6.07, 6.45) is 0. The van der Waals surface area contributed by atoms with Crippen molar-refractivity contribution in [2.75, 3.05) is 33.0 Å². The molecule has 1 aromatic rings. The number of hydrogen-bond acceptors (Lipinski definition) is 4. The Morgan fingerprint density at radius 2 is 1.82 bits per heavy atom. The number of carboxylic acids is 1. The average molecular weight is 309 g/mol. The first-order chi connectivity index (χ1) is 10.5. The van der Waals surface area contributed by atoms with Crippen molar-refractivity contribution < 1.29 is 24.2 Å². The van der Waals surface area contributed by atoms with Crippen molar-refractivity contribution in [1.82, 2.24) is 5.32 Å². The maximum absolute atomic E-state index is 11.7. The lowest BCUT2D eigenvalue weighted by molar-refractivity contribution is -0.143. The van der Waals surface area contributed by atoms with Crippen molar-refractivity contribution in [3.05, 3.63) is 35.9 Å². The summed E-state index contributed by atoms with van der Waals surface area (Å²) in [5.74, 6) is -1.34. The van der Waals surface area contributed by atoms with Gasteiger partial charge in [-0.2, -0.15) is 0 Å². The molecule has 1 rings (SSSR count). The van der Waals surface area contributed by atoms with Crippen LogP contribution in [0, 0.1) is 0 Å². The van der Waals surface area contributed by atoms with Crippen LogP contribution in [0.15, 0.2) is 30.3 Å². The predicted octanol–water partition coefficient (Wildman–Crippen LogP) is 1.20. The van der Waals surface area contributed by atoms with Crippen LogP contribution in [-0.4, -0.2) is 50.0 Å². The molecule has 0 aliphatic heterocycles. The molecule has 0 aromatic heterocycles. The zero-order chi connectivity index (χ0) is 16.4. The molecule has 0 heterocycles. The number of hydrogen-bond donors (Lipinski definition) is 2. The van der Waals surface area contributed by atoms with Crippen molar-refractivity contribution in [2.24, 2.45) is 0 Å². The van der Waals surface area contributed by atoms with E-state index in [0.29, 0.717) is 25.4 Å². The second kappa shape index (κ2) is 9.17. The fourth-order valence-corrected chi connectivity index (χ4v) is 1.86.